The number of carbonyl (C=O) groups excluding carboxylic acids is 1. The number of aryl methyl sites for hydroxylation is 1. The molecule has 3 unspecified atom stereocenters. The van der Waals surface area contributed by atoms with E-state index >= 15 is 0 Å². The van der Waals surface area contributed by atoms with Crippen molar-refractivity contribution in [2.45, 2.75) is 51.0 Å². The number of ether oxygens (including phenoxy) is 1. The molecule has 0 radical (unpaired) electrons. The van der Waals surface area contributed by atoms with Crippen LogP contribution in [-0.4, -0.2) is 53.6 Å². The van der Waals surface area contributed by atoms with Crippen molar-refractivity contribution < 1.29 is 13.9 Å². The summed E-state index contributed by atoms with van der Waals surface area (Å²) in [5, 5.41) is 10.1. The van der Waals surface area contributed by atoms with Crippen LogP contribution in [0.15, 0.2) is 36.7 Å². The predicted octanol–water partition coefficient (Wildman–Crippen LogP) is 4.85. The van der Waals surface area contributed by atoms with E-state index in [4.69, 9.17) is 21.3 Å². The Kier molecular flexibility index (Phi) is 8.10. The van der Waals surface area contributed by atoms with Crippen LogP contribution in [0.3, 0.4) is 0 Å². The second-order valence-corrected chi connectivity index (χ2v) is 9.89. The molecule has 9 heteroatoms. The summed E-state index contributed by atoms with van der Waals surface area (Å²) in [4.78, 5) is 25.2. The van der Waals surface area contributed by atoms with E-state index in [2.05, 4.69) is 35.5 Å². The summed E-state index contributed by atoms with van der Waals surface area (Å²) >= 11 is 6.37. The molecule has 0 saturated carbocycles. The van der Waals surface area contributed by atoms with Crippen molar-refractivity contribution in [1.82, 2.24) is 14.9 Å². The first-order chi connectivity index (χ1) is 17.3. The average Bonchev–Trinajstić information content (AvgIpc) is 2.88. The van der Waals surface area contributed by atoms with Gasteiger partial charge in [0.25, 0.3) is 5.91 Å². The summed E-state index contributed by atoms with van der Waals surface area (Å²) in [6, 6.07) is 9.93. The number of nitrogens with zero attached hydrogens (tertiary/aromatic N) is 5. The number of piperazine rings is 1. The highest BCUT2D eigenvalue weighted by atomic mass is 35.5. The topological polar surface area (TPSA) is 82.3 Å². The lowest BCUT2D eigenvalue weighted by Crippen LogP contribution is -2.55. The Hall–Kier alpha value is -3.18. The summed E-state index contributed by atoms with van der Waals surface area (Å²) in [5.74, 6) is -0.337. The van der Waals surface area contributed by atoms with Crippen LogP contribution in [0, 0.1) is 17.2 Å². The molecule has 1 fully saturated rings. The first-order valence-corrected chi connectivity index (χ1v) is 12.7. The number of nitriles is 1. The Morgan fingerprint density at radius 2 is 2.11 bits per heavy atom. The number of fused-ring (bicyclic) bond motifs is 1. The van der Waals surface area contributed by atoms with Gasteiger partial charge in [0.1, 0.15) is 5.82 Å². The molecule has 7 nitrogen and oxygen atoms in total. The number of halogens is 2. The zero-order chi connectivity index (χ0) is 25.8. The molecular weight excluding hydrogens is 481 g/mol. The van der Waals surface area contributed by atoms with E-state index in [9.17, 15) is 14.4 Å². The molecule has 0 N–H and O–H groups in total. The molecule has 2 aliphatic rings. The zero-order valence-electron chi connectivity index (χ0n) is 20.7. The number of aromatic nitrogens is 2. The van der Waals surface area contributed by atoms with E-state index in [0.717, 1.165) is 53.3 Å². The Balaban J connectivity index is 1.57. The molecule has 190 valence electrons. The van der Waals surface area contributed by atoms with Crippen molar-refractivity contribution in [3.63, 3.8) is 0 Å². The third-order valence-corrected chi connectivity index (χ3v) is 7.80. The number of methoxy groups -OCH3 is 1. The van der Waals surface area contributed by atoms with Crippen molar-refractivity contribution in [3.8, 4) is 12.1 Å². The normalized spacial score (nSPS) is 21.5. The fraction of sp³-hybridized carbons (Fsp3) is 0.481. The molecular formula is C27H31ClFN5O2. The molecule has 4 rings (SSSR count). The fourth-order valence-electron chi connectivity index (χ4n) is 5.43. The van der Waals surface area contributed by atoms with Crippen LogP contribution in [0.1, 0.15) is 48.9 Å². The lowest BCUT2D eigenvalue weighted by molar-refractivity contribution is -0.131. The van der Waals surface area contributed by atoms with Gasteiger partial charge in [-0.25, -0.2) is 4.39 Å². The second kappa shape index (κ2) is 11.3. The molecule has 2 heterocycles. The number of benzene rings is 1. The Labute approximate surface area is 216 Å². The van der Waals surface area contributed by atoms with Gasteiger partial charge in [-0.05, 0) is 43.2 Å². The molecule has 0 bridgehead atoms. The maximum atomic E-state index is 13.6. The lowest BCUT2D eigenvalue weighted by Gasteiger charge is -2.42. The lowest BCUT2D eigenvalue weighted by atomic mass is 9.76. The minimum atomic E-state index is -1.01. The fourth-order valence-corrected chi connectivity index (χ4v) is 5.66. The van der Waals surface area contributed by atoms with Crippen LogP contribution in [0.2, 0.25) is 5.02 Å². The van der Waals surface area contributed by atoms with Crippen LogP contribution in [-0.2, 0) is 17.6 Å². The SMILES string of the molecule is C=C(F)C(=O)N1CCN(c2nc(OC)nc3c2CCC(CCc2ccccc2Cl)C3C)CC1CC#N. The third-order valence-electron chi connectivity index (χ3n) is 7.43. The highest BCUT2D eigenvalue weighted by Gasteiger charge is 2.36. The van der Waals surface area contributed by atoms with Crippen molar-refractivity contribution in [2.75, 3.05) is 31.6 Å². The first kappa shape index (κ1) is 25.9. The summed E-state index contributed by atoms with van der Waals surface area (Å²) < 4.78 is 19.0. The first-order valence-electron chi connectivity index (χ1n) is 12.3. The Morgan fingerprint density at radius 3 is 2.81 bits per heavy atom. The summed E-state index contributed by atoms with van der Waals surface area (Å²) in [7, 11) is 1.55. The third kappa shape index (κ3) is 5.31. The van der Waals surface area contributed by atoms with Gasteiger partial charge in [0, 0.05) is 36.1 Å². The van der Waals surface area contributed by atoms with Gasteiger partial charge in [-0.2, -0.15) is 15.2 Å². The molecule has 1 aliphatic carbocycles. The van der Waals surface area contributed by atoms with Gasteiger partial charge in [0.15, 0.2) is 5.83 Å². The number of rotatable bonds is 7. The van der Waals surface area contributed by atoms with Crippen molar-refractivity contribution in [2.24, 2.45) is 5.92 Å². The zero-order valence-corrected chi connectivity index (χ0v) is 21.5. The van der Waals surface area contributed by atoms with Gasteiger partial charge in [0.2, 0.25) is 0 Å². The second-order valence-electron chi connectivity index (χ2n) is 9.48. The molecule has 2 aromatic rings. The predicted molar refractivity (Wildman–Crippen MR) is 137 cm³/mol. The largest absolute Gasteiger partial charge is 0.467 e. The highest BCUT2D eigenvalue weighted by Crippen LogP contribution is 2.42. The summed E-state index contributed by atoms with van der Waals surface area (Å²) in [6.45, 7) is 6.47. The smallest absolute Gasteiger partial charge is 0.318 e. The molecule has 1 aliphatic heterocycles. The standard InChI is InChI=1S/C27H31ClFN5O2/c1-17-19(8-9-20-6-4-5-7-23(20)28)10-11-22-24(17)31-27(36-3)32-25(22)33-14-15-34(26(35)18(2)29)21(16-33)12-13-30/h4-7,17,19,21H,2,8-12,14-16H2,1,3H3. The molecule has 0 spiro atoms. The number of hydrogen-bond acceptors (Lipinski definition) is 6. The quantitative estimate of drug-likeness (QED) is 0.494. The van der Waals surface area contributed by atoms with E-state index in [0.29, 0.717) is 25.0 Å². The van der Waals surface area contributed by atoms with Gasteiger partial charge in [-0.15, -0.1) is 0 Å². The molecule has 1 amide bonds. The maximum absolute atomic E-state index is 13.6. The molecule has 1 saturated heterocycles. The summed E-state index contributed by atoms with van der Waals surface area (Å²) in [6.07, 6.45) is 3.84. The van der Waals surface area contributed by atoms with Crippen molar-refractivity contribution in [3.05, 3.63) is 58.5 Å². The monoisotopic (exact) mass is 511 g/mol. The minimum absolute atomic E-state index is 0.0977. The van der Waals surface area contributed by atoms with Crippen molar-refractivity contribution in [1.29, 1.82) is 5.26 Å². The minimum Gasteiger partial charge on any atom is -0.467 e. The van der Waals surface area contributed by atoms with E-state index in [1.165, 1.54) is 4.90 Å². The molecule has 36 heavy (non-hydrogen) atoms. The van der Waals surface area contributed by atoms with E-state index in [-0.39, 0.29) is 18.9 Å². The van der Waals surface area contributed by atoms with Crippen LogP contribution in [0.5, 0.6) is 6.01 Å². The number of carbonyl (C=O) groups is 1. The Bertz CT molecular complexity index is 1180. The molecule has 1 aromatic heterocycles. The highest BCUT2D eigenvalue weighted by molar-refractivity contribution is 6.31. The van der Waals surface area contributed by atoms with E-state index in [1.54, 1.807) is 7.11 Å². The van der Waals surface area contributed by atoms with Crippen molar-refractivity contribution >= 4 is 23.3 Å². The number of amides is 1. The van der Waals surface area contributed by atoms with Gasteiger partial charge in [0.05, 0.1) is 31.3 Å². The van der Waals surface area contributed by atoms with Gasteiger partial charge in [-0.1, -0.05) is 43.3 Å². The van der Waals surface area contributed by atoms with Crippen LogP contribution >= 0.6 is 11.6 Å². The van der Waals surface area contributed by atoms with E-state index < -0.39 is 17.8 Å². The Morgan fingerprint density at radius 1 is 1.33 bits per heavy atom. The van der Waals surface area contributed by atoms with Gasteiger partial charge < -0.3 is 14.5 Å². The van der Waals surface area contributed by atoms with Crippen LogP contribution in [0.25, 0.3) is 0 Å². The van der Waals surface area contributed by atoms with Gasteiger partial charge >= 0.3 is 6.01 Å². The number of hydrogen-bond donors (Lipinski definition) is 0. The maximum Gasteiger partial charge on any atom is 0.318 e. The average molecular weight is 512 g/mol. The van der Waals surface area contributed by atoms with Crippen LogP contribution in [0.4, 0.5) is 10.2 Å². The molecule has 1 aromatic carbocycles. The van der Waals surface area contributed by atoms with E-state index in [1.807, 2.05) is 18.2 Å². The molecule has 3 atom stereocenters. The van der Waals surface area contributed by atoms with Gasteiger partial charge in [-0.3, -0.25) is 4.79 Å². The van der Waals surface area contributed by atoms with Crippen LogP contribution < -0.4 is 9.64 Å². The number of anilines is 1. The summed E-state index contributed by atoms with van der Waals surface area (Å²) in [5.41, 5.74) is 3.23.